The number of aromatic nitrogens is 1. The fourth-order valence-corrected chi connectivity index (χ4v) is 3.86. The van der Waals surface area contributed by atoms with Crippen LogP contribution in [0.1, 0.15) is 16.1 Å². The van der Waals surface area contributed by atoms with E-state index in [1.165, 1.54) is 4.88 Å². The van der Waals surface area contributed by atoms with Crippen molar-refractivity contribution in [2.24, 2.45) is 4.99 Å². The average Bonchev–Trinajstić information content (AvgIpc) is 3.14. The smallest absolute Gasteiger partial charge is 0.191 e. The molecule has 1 aromatic heterocycles. The molecule has 0 fully saturated rings. The molecule has 0 saturated carbocycles. The summed E-state index contributed by atoms with van der Waals surface area (Å²) >= 11 is 1.70. The summed E-state index contributed by atoms with van der Waals surface area (Å²) < 4.78 is 10.6. The summed E-state index contributed by atoms with van der Waals surface area (Å²) in [6.07, 6.45) is 0. The largest absolute Gasteiger partial charge is 0.493 e. The van der Waals surface area contributed by atoms with Crippen molar-refractivity contribution in [3.63, 3.8) is 0 Å². The third-order valence-corrected chi connectivity index (χ3v) is 5.67. The lowest BCUT2D eigenvalue weighted by molar-refractivity contribution is 0.354. The van der Waals surface area contributed by atoms with Gasteiger partial charge in [-0.25, -0.2) is 4.98 Å². The lowest BCUT2D eigenvalue weighted by Gasteiger charge is -2.13. The van der Waals surface area contributed by atoms with Gasteiger partial charge in [-0.05, 0) is 24.6 Å². The monoisotopic (exact) mass is 538 g/mol. The van der Waals surface area contributed by atoms with Crippen molar-refractivity contribution in [3.8, 4) is 22.1 Å². The van der Waals surface area contributed by atoms with Gasteiger partial charge in [0.25, 0.3) is 0 Å². The van der Waals surface area contributed by atoms with Crippen molar-refractivity contribution in [2.75, 3.05) is 21.3 Å². The van der Waals surface area contributed by atoms with Crippen molar-refractivity contribution in [3.05, 3.63) is 64.7 Å². The molecule has 0 unspecified atom stereocenters. The number of aliphatic imine (C=N–C) groups is 1. The number of halogens is 1. The number of aryl methyl sites for hydroxylation is 1. The zero-order valence-electron chi connectivity index (χ0n) is 17.6. The molecular weight excluding hydrogens is 511 g/mol. The molecular formula is C22H27IN4O2S. The van der Waals surface area contributed by atoms with Crippen molar-refractivity contribution < 1.29 is 9.47 Å². The molecule has 3 rings (SSSR count). The zero-order chi connectivity index (χ0) is 20.6. The first-order chi connectivity index (χ1) is 14.1. The van der Waals surface area contributed by atoms with Gasteiger partial charge in [0.2, 0.25) is 0 Å². The van der Waals surface area contributed by atoms with Gasteiger partial charge < -0.3 is 20.1 Å². The van der Waals surface area contributed by atoms with Crippen LogP contribution in [0.3, 0.4) is 0 Å². The highest BCUT2D eigenvalue weighted by atomic mass is 127. The Labute approximate surface area is 198 Å². The second kappa shape index (κ2) is 11.8. The number of rotatable bonds is 7. The van der Waals surface area contributed by atoms with Gasteiger partial charge in [-0.2, -0.15) is 0 Å². The fraction of sp³-hybridized carbons (Fsp3) is 0.273. The molecule has 0 amide bonds. The van der Waals surface area contributed by atoms with Gasteiger partial charge in [-0.1, -0.05) is 36.4 Å². The quantitative estimate of drug-likeness (QED) is 0.261. The zero-order valence-corrected chi connectivity index (χ0v) is 20.7. The van der Waals surface area contributed by atoms with Crippen LogP contribution in [0.2, 0.25) is 0 Å². The third-order valence-electron chi connectivity index (χ3n) is 4.46. The molecule has 3 aromatic rings. The second-order valence-electron chi connectivity index (χ2n) is 6.36. The minimum atomic E-state index is 0. The van der Waals surface area contributed by atoms with Gasteiger partial charge in [-0.15, -0.1) is 35.3 Å². The number of ether oxygens (including phenoxy) is 2. The van der Waals surface area contributed by atoms with E-state index < -0.39 is 0 Å². The van der Waals surface area contributed by atoms with Crippen molar-refractivity contribution in [2.45, 2.75) is 20.0 Å². The normalized spacial score (nSPS) is 10.9. The molecule has 2 N–H and O–H groups in total. The maximum absolute atomic E-state index is 5.36. The number of methoxy groups -OCH3 is 2. The Morgan fingerprint density at radius 1 is 1.00 bits per heavy atom. The van der Waals surface area contributed by atoms with Crippen molar-refractivity contribution >= 4 is 41.3 Å². The van der Waals surface area contributed by atoms with Crippen molar-refractivity contribution in [1.29, 1.82) is 0 Å². The number of nitrogens with one attached hydrogen (secondary N) is 2. The van der Waals surface area contributed by atoms with Crippen LogP contribution in [0.5, 0.6) is 11.5 Å². The molecule has 2 aromatic carbocycles. The van der Waals surface area contributed by atoms with Gasteiger partial charge in [0.15, 0.2) is 17.5 Å². The van der Waals surface area contributed by atoms with Crippen LogP contribution in [0.4, 0.5) is 0 Å². The van der Waals surface area contributed by atoms with Gasteiger partial charge >= 0.3 is 0 Å². The Bertz CT molecular complexity index is 977. The fourth-order valence-electron chi connectivity index (χ4n) is 2.86. The van der Waals surface area contributed by atoms with Crippen LogP contribution in [0, 0.1) is 6.92 Å². The van der Waals surface area contributed by atoms with E-state index in [9.17, 15) is 0 Å². The highest BCUT2D eigenvalue weighted by Gasteiger charge is 2.10. The first-order valence-corrected chi connectivity index (χ1v) is 10.1. The van der Waals surface area contributed by atoms with Gasteiger partial charge in [-0.3, -0.25) is 4.99 Å². The highest BCUT2D eigenvalue weighted by molar-refractivity contribution is 14.0. The summed E-state index contributed by atoms with van der Waals surface area (Å²) in [5.74, 6) is 2.16. The van der Waals surface area contributed by atoms with E-state index in [0.29, 0.717) is 24.6 Å². The Hall–Kier alpha value is -2.33. The molecule has 6 nitrogen and oxygen atoms in total. The minimum absolute atomic E-state index is 0. The maximum atomic E-state index is 5.36. The number of hydrogen-bond acceptors (Lipinski definition) is 5. The molecule has 0 spiro atoms. The Morgan fingerprint density at radius 2 is 1.70 bits per heavy atom. The van der Waals surface area contributed by atoms with Crippen molar-refractivity contribution in [1.82, 2.24) is 15.6 Å². The van der Waals surface area contributed by atoms with Crippen LogP contribution < -0.4 is 20.1 Å². The molecule has 1 heterocycles. The summed E-state index contributed by atoms with van der Waals surface area (Å²) in [4.78, 5) is 10.2. The van der Waals surface area contributed by atoms with Crippen LogP contribution in [-0.4, -0.2) is 32.2 Å². The average molecular weight is 538 g/mol. The number of thiazole rings is 1. The second-order valence-corrected chi connectivity index (χ2v) is 7.45. The SMILES string of the molecule is CN=C(NCc1ccc(OC)c(OC)c1)NCc1sc(-c2ccccc2)nc1C.I. The van der Waals surface area contributed by atoms with E-state index in [2.05, 4.69) is 27.8 Å². The first-order valence-electron chi connectivity index (χ1n) is 9.31. The maximum Gasteiger partial charge on any atom is 0.191 e. The molecule has 30 heavy (non-hydrogen) atoms. The lowest BCUT2D eigenvalue weighted by atomic mass is 10.2. The molecule has 0 saturated heterocycles. The highest BCUT2D eigenvalue weighted by Crippen LogP contribution is 2.28. The summed E-state index contributed by atoms with van der Waals surface area (Å²) in [6.45, 7) is 3.33. The van der Waals surface area contributed by atoms with Crippen LogP contribution in [0.25, 0.3) is 10.6 Å². The van der Waals surface area contributed by atoms with E-state index in [4.69, 9.17) is 14.5 Å². The summed E-state index contributed by atoms with van der Waals surface area (Å²) in [7, 11) is 5.03. The molecule has 0 aliphatic rings. The topological polar surface area (TPSA) is 67.8 Å². The summed E-state index contributed by atoms with van der Waals surface area (Å²) in [5, 5.41) is 7.73. The molecule has 0 atom stereocenters. The molecule has 0 aliphatic heterocycles. The number of guanidine groups is 1. The predicted octanol–water partition coefficient (Wildman–Crippen LogP) is 4.62. The van der Waals surface area contributed by atoms with Crippen LogP contribution in [-0.2, 0) is 13.1 Å². The Kier molecular flexibility index (Phi) is 9.38. The molecule has 0 aliphatic carbocycles. The minimum Gasteiger partial charge on any atom is -0.493 e. The molecule has 0 radical (unpaired) electrons. The van der Waals surface area contributed by atoms with Gasteiger partial charge in [0.1, 0.15) is 5.01 Å². The Morgan fingerprint density at radius 3 is 2.37 bits per heavy atom. The van der Waals surface area contributed by atoms with Gasteiger partial charge in [0, 0.05) is 24.0 Å². The van der Waals surface area contributed by atoms with E-state index in [0.717, 1.165) is 27.8 Å². The first kappa shape index (κ1) is 23.9. The molecule has 0 bridgehead atoms. The number of hydrogen-bond donors (Lipinski definition) is 2. The van der Waals surface area contributed by atoms with Crippen LogP contribution >= 0.6 is 35.3 Å². The Balaban J connectivity index is 0.00000320. The summed E-state index contributed by atoms with van der Waals surface area (Å²) in [6, 6.07) is 16.1. The lowest BCUT2D eigenvalue weighted by Crippen LogP contribution is -2.36. The van der Waals surface area contributed by atoms with E-state index >= 15 is 0 Å². The van der Waals surface area contributed by atoms with E-state index in [1.54, 1.807) is 32.6 Å². The number of nitrogens with zero attached hydrogens (tertiary/aromatic N) is 2. The standard InChI is InChI=1S/C22H26N4O2S.HI/c1-15-20(29-21(26-15)17-8-6-5-7-9-17)14-25-22(23-2)24-13-16-10-11-18(27-3)19(12-16)28-4;/h5-12H,13-14H2,1-4H3,(H2,23,24,25);1H. The molecule has 8 heteroatoms. The van der Waals surface area contributed by atoms with Crippen LogP contribution in [0.15, 0.2) is 53.5 Å². The third kappa shape index (κ3) is 6.09. The van der Waals surface area contributed by atoms with E-state index in [1.807, 2.05) is 43.3 Å². The van der Waals surface area contributed by atoms with Gasteiger partial charge in [0.05, 0.1) is 26.5 Å². The van der Waals surface area contributed by atoms with E-state index in [-0.39, 0.29) is 24.0 Å². The summed E-state index contributed by atoms with van der Waals surface area (Å²) in [5.41, 5.74) is 3.26. The number of benzene rings is 2. The predicted molar refractivity (Wildman–Crippen MR) is 134 cm³/mol. The molecule has 160 valence electrons.